The second kappa shape index (κ2) is 5.71. The molecule has 0 aliphatic heterocycles. The Balaban J connectivity index is 2.52. The minimum absolute atomic E-state index is 0.271. The van der Waals surface area contributed by atoms with Crippen LogP contribution in [0.25, 0.3) is 16.2 Å². The van der Waals surface area contributed by atoms with Crippen LogP contribution in [0.15, 0.2) is 30.5 Å². The molecule has 0 unspecified atom stereocenters. The van der Waals surface area contributed by atoms with E-state index in [0.717, 1.165) is 11.1 Å². The lowest BCUT2D eigenvalue weighted by atomic mass is 10.0. The SMILES string of the molecule is C/C=C(/Cl)c1ncc(-c2cc(C)c(F)c(F)c2)cc1C. The molecule has 0 saturated carbocycles. The van der Waals surface area contributed by atoms with Gasteiger partial charge in [0.15, 0.2) is 11.6 Å². The van der Waals surface area contributed by atoms with Gasteiger partial charge < -0.3 is 0 Å². The monoisotopic (exact) mass is 293 g/mol. The predicted molar refractivity (Wildman–Crippen MR) is 78.6 cm³/mol. The Morgan fingerprint density at radius 3 is 2.30 bits per heavy atom. The number of benzene rings is 1. The predicted octanol–water partition coefficient (Wildman–Crippen LogP) is 5.24. The van der Waals surface area contributed by atoms with Gasteiger partial charge in [0, 0.05) is 11.8 Å². The van der Waals surface area contributed by atoms with Crippen molar-refractivity contribution in [3.8, 4) is 11.1 Å². The molecule has 0 aliphatic rings. The fourth-order valence-corrected chi connectivity index (χ4v) is 2.21. The molecular weight excluding hydrogens is 280 g/mol. The molecule has 104 valence electrons. The van der Waals surface area contributed by atoms with Crippen LogP contribution in [0.5, 0.6) is 0 Å². The van der Waals surface area contributed by atoms with E-state index < -0.39 is 11.6 Å². The molecule has 0 saturated heterocycles. The normalized spacial score (nSPS) is 11.8. The minimum atomic E-state index is -0.854. The Bertz CT molecular complexity index is 670. The van der Waals surface area contributed by atoms with Gasteiger partial charge in [-0.15, -0.1) is 0 Å². The van der Waals surface area contributed by atoms with Crippen LogP contribution >= 0.6 is 11.6 Å². The summed E-state index contributed by atoms with van der Waals surface area (Å²) >= 11 is 6.05. The molecule has 0 atom stereocenters. The number of hydrogen-bond acceptors (Lipinski definition) is 1. The number of rotatable bonds is 2. The third-order valence-electron chi connectivity index (χ3n) is 3.10. The number of aromatic nitrogens is 1. The lowest BCUT2D eigenvalue weighted by molar-refractivity contribution is 0.503. The Morgan fingerprint density at radius 1 is 1.10 bits per heavy atom. The third-order valence-corrected chi connectivity index (χ3v) is 3.50. The highest BCUT2D eigenvalue weighted by molar-refractivity contribution is 6.48. The molecule has 4 heteroatoms. The highest BCUT2D eigenvalue weighted by Gasteiger charge is 2.11. The van der Waals surface area contributed by atoms with Gasteiger partial charge in [0.2, 0.25) is 0 Å². The van der Waals surface area contributed by atoms with Crippen molar-refractivity contribution < 1.29 is 8.78 Å². The van der Waals surface area contributed by atoms with E-state index in [0.29, 0.717) is 16.3 Å². The number of pyridine rings is 1. The minimum Gasteiger partial charge on any atom is -0.254 e. The van der Waals surface area contributed by atoms with E-state index in [-0.39, 0.29) is 5.56 Å². The van der Waals surface area contributed by atoms with Crippen molar-refractivity contribution in [2.24, 2.45) is 0 Å². The number of nitrogens with zero attached hydrogens (tertiary/aromatic N) is 1. The highest BCUT2D eigenvalue weighted by Crippen LogP contribution is 2.27. The molecule has 0 spiro atoms. The first-order valence-corrected chi connectivity index (χ1v) is 6.56. The number of hydrogen-bond donors (Lipinski definition) is 0. The standard InChI is InChI=1S/C16H14ClF2N/c1-4-13(17)16-10(3)6-12(8-20-16)11-5-9(2)15(19)14(18)7-11/h4-8H,1-3H3/b13-4+. The summed E-state index contributed by atoms with van der Waals surface area (Å²) in [6, 6.07) is 4.64. The Kier molecular flexibility index (Phi) is 4.19. The van der Waals surface area contributed by atoms with Crippen LogP contribution in [-0.4, -0.2) is 4.98 Å². The molecule has 1 nitrogen and oxygen atoms in total. The molecule has 20 heavy (non-hydrogen) atoms. The third kappa shape index (κ3) is 2.73. The van der Waals surface area contributed by atoms with E-state index in [9.17, 15) is 8.78 Å². The molecule has 2 rings (SSSR count). The quantitative estimate of drug-likeness (QED) is 0.737. The fraction of sp³-hybridized carbons (Fsp3) is 0.188. The molecule has 1 aromatic heterocycles. The smallest absolute Gasteiger partial charge is 0.161 e. The largest absolute Gasteiger partial charge is 0.254 e. The zero-order chi connectivity index (χ0) is 14.9. The summed E-state index contributed by atoms with van der Waals surface area (Å²) in [5.41, 5.74) is 3.17. The first-order valence-electron chi connectivity index (χ1n) is 6.19. The van der Waals surface area contributed by atoms with Crippen LogP contribution in [0.2, 0.25) is 0 Å². The molecule has 1 heterocycles. The summed E-state index contributed by atoms with van der Waals surface area (Å²) in [6.45, 7) is 5.24. The average Bonchev–Trinajstić information content (AvgIpc) is 2.43. The van der Waals surface area contributed by atoms with E-state index >= 15 is 0 Å². The maximum absolute atomic E-state index is 13.5. The van der Waals surface area contributed by atoms with E-state index in [4.69, 9.17) is 11.6 Å². The topological polar surface area (TPSA) is 12.9 Å². The van der Waals surface area contributed by atoms with Crippen molar-refractivity contribution in [3.05, 3.63) is 58.9 Å². The fourth-order valence-electron chi connectivity index (χ4n) is 2.01. The van der Waals surface area contributed by atoms with Crippen LogP contribution in [0.3, 0.4) is 0 Å². The van der Waals surface area contributed by atoms with Crippen molar-refractivity contribution in [1.82, 2.24) is 4.98 Å². The molecule has 0 bridgehead atoms. The van der Waals surface area contributed by atoms with Gasteiger partial charge >= 0.3 is 0 Å². The Labute approximate surface area is 121 Å². The van der Waals surface area contributed by atoms with E-state index in [1.807, 2.05) is 19.9 Å². The summed E-state index contributed by atoms with van der Waals surface area (Å²) in [5, 5.41) is 0.565. The molecule has 0 amide bonds. The summed E-state index contributed by atoms with van der Waals surface area (Å²) < 4.78 is 26.8. The summed E-state index contributed by atoms with van der Waals surface area (Å²) in [5.74, 6) is -1.67. The zero-order valence-corrected chi connectivity index (χ0v) is 12.2. The Morgan fingerprint density at radius 2 is 1.75 bits per heavy atom. The molecule has 0 radical (unpaired) electrons. The number of halogens is 3. The number of aryl methyl sites for hydroxylation is 2. The molecule has 0 N–H and O–H groups in total. The van der Waals surface area contributed by atoms with Gasteiger partial charge in [0.1, 0.15) is 0 Å². The highest BCUT2D eigenvalue weighted by atomic mass is 35.5. The molecular formula is C16H14ClF2N. The van der Waals surface area contributed by atoms with Crippen LogP contribution < -0.4 is 0 Å². The maximum Gasteiger partial charge on any atom is 0.161 e. The van der Waals surface area contributed by atoms with E-state index in [1.165, 1.54) is 13.0 Å². The van der Waals surface area contributed by atoms with Gasteiger partial charge in [-0.2, -0.15) is 0 Å². The summed E-state index contributed by atoms with van der Waals surface area (Å²) in [7, 11) is 0. The molecule has 0 aliphatic carbocycles. The maximum atomic E-state index is 13.5. The van der Waals surface area contributed by atoms with Gasteiger partial charge in [0.05, 0.1) is 10.7 Å². The number of allylic oxidation sites excluding steroid dienone is 1. The van der Waals surface area contributed by atoms with Gasteiger partial charge in [-0.1, -0.05) is 17.7 Å². The second-order valence-electron chi connectivity index (χ2n) is 4.62. The van der Waals surface area contributed by atoms with Crippen molar-refractivity contribution in [2.75, 3.05) is 0 Å². The van der Waals surface area contributed by atoms with Gasteiger partial charge in [-0.3, -0.25) is 4.98 Å². The van der Waals surface area contributed by atoms with Crippen molar-refractivity contribution in [2.45, 2.75) is 20.8 Å². The molecule has 0 fully saturated rings. The van der Waals surface area contributed by atoms with Gasteiger partial charge in [-0.05, 0) is 55.7 Å². The second-order valence-corrected chi connectivity index (χ2v) is 5.02. The first kappa shape index (κ1) is 14.7. The van der Waals surface area contributed by atoms with Crippen molar-refractivity contribution >= 4 is 16.6 Å². The van der Waals surface area contributed by atoms with Crippen LogP contribution in [0.1, 0.15) is 23.7 Å². The van der Waals surface area contributed by atoms with Crippen molar-refractivity contribution in [1.29, 1.82) is 0 Å². The zero-order valence-electron chi connectivity index (χ0n) is 11.5. The van der Waals surface area contributed by atoms with Crippen molar-refractivity contribution in [3.63, 3.8) is 0 Å². The van der Waals surface area contributed by atoms with Crippen LogP contribution in [-0.2, 0) is 0 Å². The summed E-state index contributed by atoms with van der Waals surface area (Å²) in [4.78, 5) is 4.29. The van der Waals surface area contributed by atoms with Crippen LogP contribution in [0, 0.1) is 25.5 Å². The van der Waals surface area contributed by atoms with Gasteiger partial charge in [0.25, 0.3) is 0 Å². The van der Waals surface area contributed by atoms with E-state index in [1.54, 1.807) is 18.3 Å². The molecule has 1 aromatic carbocycles. The van der Waals surface area contributed by atoms with E-state index in [2.05, 4.69) is 4.98 Å². The molecule has 2 aromatic rings. The lowest BCUT2D eigenvalue weighted by Crippen LogP contribution is -1.94. The van der Waals surface area contributed by atoms with Crippen LogP contribution in [0.4, 0.5) is 8.78 Å². The first-order chi connectivity index (χ1) is 9.43. The lowest BCUT2D eigenvalue weighted by Gasteiger charge is -2.09. The average molecular weight is 294 g/mol. The van der Waals surface area contributed by atoms with Gasteiger partial charge in [-0.25, -0.2) is 8.78 Å². The Hall–Kier alpha value is -1.74. The summed E-state index contributed by atoms with van der Waals surface area (Å²) in [6.07, 6.45) is 3.37.